The molecule has 0 saturated carbocycles. The Balaban J connectivity index is 3.05. The summed E-state index contributed by atoms with van der Waals surface area (Å²) < 4.78 is 29.0. The van der Waals surface area contributed by atoms with E-state index in [2.05, 4.69) is 9.82 Å². The van der Waals surface area contributed by atoms with Crippen molar-refractivity contribution in [3.8, 4) is 0 Å². The van der Waals surface area contributed by atoms with Gasteiger partial charge in [-0.3, -0.25) is 4.68 Å². The lowest BCUT2D eigenvalue weighted by molar-refractivity contribution is 0.344. The van der Waals surface area contributed by atoms with E-state index in [4.69, 9.17) is 5.73 Å². The highest BCUT2D eigenvalue weighted by Gasteiger charge is 2.31. The molecule has 19 heavy (non-hydrogen) atoms. The zero-order valence-corrected chi connectivity index (χ0v) is 13.1. The van der Waals surface area contributed by atoms with Gasteiger partial charge in [0.2, 0.25) is 10.0 Å². The van der Waals surface area contributed by atoms with Crippen molar-refractivity contribution in [2.45, 2.75) is 44.6 Å². The van der Waals surface area contributed by atoms with Crippen molar-refractivity contribution in [3.05, 3.63) is 11.9 Å². The second kappa shape index (κ2) is 5.60. The SMILES string of the molecule is Cc1nn(C)cc1S(=O)(=O)NC(C)(CN)CC(C)C. The Bertz CT molecular complexity index is 536. The van der Waals surface area contributed by atoms with Crippen LogP contribution >= 0.6 is 0 Å². The molecule has 1 heterocycles. The van der Waals surface area contributed by atoms with E-state index < -0.39 is 15.6 Å². The third-order valence-electron chi connectivity index (χ3n) is 2.95. The number of aromatic nitrogens is 2. The molecule has 1 aromatic heterocycles. The Kier molecular flexibility index (Phi) is 4.76. The minimum absolute atomic E-state index is 0.207. The fourth-order valence-electron chi connectivity index (χ4n) is 2.29. The third kappa shape index (κ3) is 4.02. The molecule has 110 valence electrons. The molecule has 7 heteroatoms. The second-order valence-electron chi connectivity index (χ2n) is 5.72. The van der Waals surface area contributed by atoms with Gasteiger partial charge in [-0.2, -0.15) is 5.10 Å². The Morgan fingerprint density at radius 3 is 2.47 bits per heavy atom. The number of sulfonamides is 1. The highest BCUT2D eigenvalue weighted by atomic mass is 32.2. The van der Waals surface area contributed by atoms with Gasteiger partial charge in [-0.05, 0) is 26.2 Å². The van der Waals surface area contributed by atoms with Gasteiger partial charge in [0, 0.05) is 25.3 Å². The van der Waals surface area contributed by atoms with Crippen molar-refractivity contribution in [2.75, 3.05) is 6.54 Å². The van der Waals surface area contributed by atoms with Gasteiger partial charge in [0.05, 0.1) is 5.69 Å². The molecule has 0 fully saturated rings. The average Bonchev–Trinajstić information content (AvgIpc) is 2.56. The molecule has 0 spiro atoms. The predicted molar refractivity (Wildman–Crippen MR) is 75.2 cm³/mol. The predicted octanol–water partition coefficient (Wildman–Crippen LogP) is 0.770. The monoisotopic (exact) mass is 288 g/mol. The lowest BCUT2D eigenvalue weighted by Gasteiger charge is -2.30. The number of rotatable bonds is 6. The van der Waals surface area contributed by atoms with Gasteiger partial charge in [0.25, 0.3) is 0 Å². The lowest BCUT2D eigenvalue weighted by Crippen LogP contribution is -2.52. The molecule has 1 atom stereocenters. The third-order valence-corrected chi connectivity index (χ3v) is 4.69. The van der Waals surface area contributed by atoms with Crippen LogP contribution in [0.3, 0.4) is 0 Å². The van der Waals surface area contributed by atoms with Crippen molar-refractivity contribution < 1.29 is 8.42 Å². The van der Waals surface area contributed by atoms with Crippen molar-refractivity contribution in [3.63, 3.8) is 0 Å². The number of hydrogen-bond acceptors (Lipinski definition) is 4. The fraction of sp³-hybridized carbons (Fsp3) is 0.750. The summed E-state index contributed by atoms with van der Waals surface area (Å²) in [4.78, 5) is 0.207. The Hall–Kier alpha value is -0.920. The summed E-state index contributed by atoms with van der Waals surface area (Å²) in [6.45, 7) is 7.84. The van der Waals surface area contributed by atoms with Crippen molar-refractivity contribution in [1.82, 2.24) is 14.5 Å². The van der Waals surface area contributed by atoms with Crippen LogP contribution in [0, 0.1) is 12.8 Å². The van der Waals surface area contributed by atoms with Gasteiger partial charge in [-0.1, -0.05) is 13.8 Å². The van der Waals surface area contributed by atoms with Crippen LogP contribution in [0.1, 0.15) is 32.9 Å². The van der Waals surface area contributed by atoms with Gasteiger partial charge < -0.3 is 5.73 Å². The first kappa shape index (κ1) is 16.1. The first-order valence-electron chi connectivity index (χ1n) is 6.34. The molecule has 0 saturated heterocycles. The van der Waals surface area contributed by atoms with Crippen LogP contribution in [-0.4, -0.2) is 30.3 Å². The number of hydrogen-bond donors (Lipinski definition) is 2. The summed E-state index contributed by atoms with van der Waals surface area (Å²) in [5.74, 6) is 0.353. The Morgan fingerprint density at radius 1 is 1.53 bits per heavy atom. The molecule has 0 aromatic carbocycles. The summed E-state index contributed by atoms with van der Waals surface area (Å²) >= 11 is 0. The standard InChI is InChI=1S/C12H24N4O2S/c1-9(2)6-12(4,8-13)15-19(17,18)11-7-16(5)14-10(11)3/h7,9,15H,6,8,13H2,1-5H3. The maximum atomic E-state index is 12.4. The molecular weight excluding hydrogens is 264 g/mol. The highest BCUT2D eigenvalue weighted by molar-refractivity contribution is 7.89. The van der Waals surface area contributed by atoms with E-state index in [1.165, 1.54) is 10.9 Å². The van der Waals surface area contributed by atoms with Crippen LogP contribution in [0.2, 0.25) is 0 Å². The minimum Gasteiger partial charge on any atom is -0.329 e. The first-order valence-corrected chi connectivity index (χ1v) is 7.82. The molecule has 1 unspecified atom stereocenters. The quantitative estimate of drug-likeness (QED) is 0.809. The van der Waals surface area contributed by atoms with Gasteiger partial charge in [0.15, 0.2) is 0 Å². The molecule has 3 N–H and O–H groups in total. The van der Waals surface area contributed by atoms with Gasteiger partial charge in [0.1, 0.15) is 4.90 Å². The van der Waals surface area contributed by atoms with Crippen LogP contribution in [0.4, 0.5) is 0 Å². The molecule has 1 aromatic rings. The van der Waals surface area contributed by atoms with Crippen molar-refractivity contribution in [1.29, 1.82) is 0 Å². The maximum absolute atomic E-state index is 12.4. The molecule has 1 rings (SSSR count). The van der Waals surface area contributed by atoms with Gasteiger partial charge in [-0.15, -0.1) is 0 Å². The lowest BCUT2D eigenvalue weighted by atomic mass is 9.92. The molecule has 0 radical (unpaired) electrons. The minimum atomic E-state index is -3.60. The maximum Gasteiger partial charge on any atom is 0.244 e. The molecule has 0 aliphatic carbocycles. The Morgan fingerprint density at radius 2 is 2.11 bits per heavy atom. The number of nitrogens with two attached hydrogens (primary N) is 1. The number of nitrogens with zero attached hydrogens (tertiary/aromatic N) is 2. The van der Waals surface area contributed by atoms with Crippen LogP contribution < -0.4 is 10.5 Å². The number of nitrogens with one attached hydrogen (secondary N) is 1. The molecule has 0 bridgehead atoms. The van der Waals surface area contributed by atoms with E-state index in [-0.39, 0.29) is 11.4 Å². The highest BCUT2D eigenvalue weighted by Crippen LogP contribution is 2.20. The normalized spacial score (nSPS) is 15.7. The molecule has 0 amide bonds. The van der Waals surface area contributed by atoms with Gasteiger partial charge >= 0.3 is 0 Å². The van der Waals surface area contributed by atoms with E-state index in [9.17, 15) is 8.42 Å². The van der Waals surface area contributed by atoms with Crippen molar-refractivity contribution in [2.24, 2.45) is 18.7 Å². The fourth-order valence-corrected chi connectivity index (χ4v) is 3.94. The summed E-state index contributed by atoms with van der Waals surface area (Å²) in [5.41, 5.74) is 5.58. The molecule has 6 nitrogen and oxygen atoms in total. The van der Waals surface area contributed by atoms with E-state index in [0.29, 0.717) is 18.0 Å². The smallest absolute Gasteiger partial charge is 0.244 e. The molecule has 0 aliphatic heterocycles. The number of aryl methyl sites for hydroxylation is 2. The van der Waals surface area contributed by atoms with Crippen LogP contribution in [0.15, 0.2) is 11.1 Å². The average molecular weight is 288 g/mol. The topological polar surface area (TPSA) is 90.0 Å². The van der Waals surface area contributed by atoms with E-state index in [1.807, 2.05) is 20.8 Å². The first-order chi connectivity index (χ1) is 8.59. The van der Waals surface area contributed by atoms with Crippen molar-refractivity contribution >= 4 is 10.0 Å². The summed E-state index contributed by atoms with van der Waals surface area (Å²) in [6.07, 6.45) is 2.19. The van der Waals surface area contributed by atoms with Gasteiger partial charge in [-0.25, -0.2) is 13.1 Å². The zero-order chi connectivity index (χ0) is 14.8. The summed E-state index contributed by atoms with van der Waals surface area (Å²) in [5, 5.41) is 4.06. The molecule has 0 aliphatic rings. The van der Waals surface area contributed by atoms with Crippen LogP contribution in [-0.2, 0) is 17.1 Å². The van der Waals surface area contributed by atoms with E-state index >= 15 is 0 Å². The van der Waals surface area contributed by atoms with E-state index in [1.54, 1.807) is 14.0 Å². The Labute approximate surface area is 115 Å². The van der Waals surface area contributed by atoms with Crippen LogP contribution in [0.25, 0.3) is 0 Å². The largest absolute Gasteiger partial charge is 0.329 e. The summed E-state index contributed by atoms with van der Waals surface area (Å²) in [6, 6.07) is 0. The molecular formula is C12H24N4O2S. The second-order valence-corrected chi connectivity index (χ2v) is 7.37. The van der Waals surface area contributed by atoms with Crippen LogP contribution in [0.5, 0.6) is 0 Å². The summed E-state index contributed by atoms with van der Waals surface area (Å²) in [7, 11) is -1.90. The van der Waals surface area contributed by atoms with E-state index in [0.717, 1.165) is 0 Å². The zero-order valence-electron chi connectivity index (χ0n) is 12.3.